The topological polar surface area (TPSA) is 67.4 Å². The maximum absolute atomic E-state index is 5.40. The van der Waals surface area contributed by atoms with Crippen LogP contribution in [0.4, 0.5) is 5.69 Å². The van der Waals surface area contributed by atoms with Crippen LogP contribution in [0.1, 0.15) is 11.1 Å². The van der Waals surface area contributed by atoms with Gasteiger partial charge in [0.25, 0.3) is 0 Å². The highest BCUT2D eigenvalue weighted by atomic mass is 127. The summed E-state index contributed by atoms with van der Waals surface area (Å²) < 4.78 is 16.2. The maximum atomic E-state index is 5.40. The average Bonchev–Trinajstić information content (AvgIpc) is 2.73. The minimum Gasteiger partial charge on any atom is -0.493 e. The Labute approximate surface area is 190 Å². The zero-order valence-corrected chi connectivity index (χ0v) is 20.2. The molecule has 0 aliphatic carbocycles. The van der Waals surface area contributed by atoms with Crippen LogP contribution >= 0.6 is 24.0 Å². The van der Waals surface area contributed by atoms with E-state index >= 15 is 0 Å². The standard InChI is InChI=1S/C21H30N4O3.HI/c1-22-21(23-13-15-7-9-17(10-8-15)25(2)3)24-14-16-11-18(26-4)20(28-6)19(12-16)27-5;/h7-12H,13-14H2,1-6H3,(H2,22,23,24);1H. The fourth-order valence-electron chi connectivity index (χ4n) is 2.74. The van der Waals surface area contributed by atoms with Gasteiger partial charge in [-0.3, -0.25) is 4.99 Å². The molecule has 0 fully saturated rings. The fraction of sp³-hybridized carbons (Fsp3) is 0.381. The van der Waals surface area contributed by atoms with Crippen LogP contribution in [0.5, 0.6) is 17.2 Å². The van der Waals surface area contributed by atoms with Crippen LogP contribution in [0, 0.1) is 0 Å². The van der Waals surface area contributed by atoms with E-state index in [1.54, 1.807) is 28.4 Å². The second-order valence-electron chi connectivity index (χ2n) is 6.37. The lowest BCUT2D eigenvalue weighted by molar-refractivity contribution is 0.323. The Hall–Kier alpha value is -2.36. The molecule has 2 aromatic rings. The molecule has 8 heteroatoms. The quantitative estimate of drug-likeness (QED) is 0.321. The first kappa shape index (κ1) is 24.7. The predicted octanol–water partition coefficient (Wildman–Crippen LogP) is 3.26. The van der Waals surface area contributed by atoms with Gasteiger partial charge in [0.15, 0.2) is 17.5 Å². The number of aliphatic imine (C=N–C) groups is 1. The Balaban J connectivity index is 0.00000420. The molecule has 0 aliphatic rings. The number of hydrogen-bond donors (Lipinski definition) is 2. The average molecular weight is 514 g/mol. The van der Waals surface area contributed by atoms with Crippen molar-refractivity contribution in [1.82, 2.24) is 10.6 Å². The molecule has 0 spiro atoms. The third kappa shape index (κ3) is 6.88. The van der Waals surface area contributed by atoms with Gasteiger partial charge in [-0.15, -0.1) is 24.0 Å². The number of guanidine groups is 1. The summed E-state index contributed by atoms with van der Waals surface area (Å²) in [5, 5.41) is 6.63. The SMILES string of the molecule is CN=C(NCc1ccc(N(C)C)cc1)NCc1cc(OC)c(OC)c(OC)c1.I. The van der Waals surface area contributed by atoms with Crippen molar-refractivity contribution in [2.45, 2.75) is 13.1 Å². The van der Waals surface area contributed by atoms with Gasteiger partial charge >= 0.3 is 0 Å². The van der Waals surface area contributed by atoms with Crippen molar-refractivity contribution in [3.63, 3.8) is 0 Å². The summed E-state index contributed by atoms with van der Waals surface area (Å²) in [6, 6.07) is 12.2. The van der Waals surface area contributed by atoms with E-state index in [0.717, 1.165) is 5.56 Å². The van der Waals surface area contributed by atoms with E-state index < -0.39 is 0 Å². The molecule has 0 saturated carbocycles. The number of nitrogens with zero attached hydrogens (tertiary/aromatic N) is 2. The second-order valence-corrected chi connectivity index (χ2v) is 6.37. The molecule has 0 aromatic heterocycles. The van der Waals surface area contributed by atoms with Crippen molar-refractivity contribution in [1.29, 1.82) is 0 Å². The molecule has 7 nitrogen and oxygen atoms in total. The number of halogens is 1. The normalized spacial score (nSPS) is 10.6. The zero-order chi connectivity index (χ0) is 20.5. The lowest BCUT2D eigenvalue weighted by Gasteiger charge is -2.16. The van der Waals surface area contributed by atoms with Gasteiger partial charge in [0.1, 0.15) is 0 Å². The van der Waals surface area contributed by atoms with Gasteiger partial charge in [-0.1, -0.05) is 12.1 Å². The first-order valence-electron chi connectivity index (χ1n) is 9.02. The Kier molecular flexibility index (Phi) is 10.4. The highest BCUT2D eigenvalue weighted by Gasteiger charge is 2.13. The van der Waals surface area contributed by atoms with E-state index in [4.69, 9.17) is 14.2 Å². The molecule has 0 heterocycles. The Morgan fingerprint density at radius 1 is 0.862 bits per heavy atom. The van der Waals surface area contributed by atoms with Crippen molar-refractivity contribution in [2.24, 2.45) is 4.99 Å². The fourth-order valence-corrected chi connectivity index (χ4v) is 2.74. The van der Waals surface area contributed by atoms with Crippen LogP contribution in [0.2, 0.25) is 0 Å². The summed E-state index contributed by atoms with van der Waals surface area (Å²) in [4.78, 5) is 6.36. The third-order valence-corrected chi connectivity index (χ3v) is 4.32. The Morgan fingerprint density at radius 2 is 1.38 bits per heavy atom. The third-order valence-electron chi connectivity index (χ3n) is 4.32. The second kappa shape index (κ2) is 12.3. The van der Waals surface area contributed by atoms with Crippen LogP contribution in [0.15, 0.2) is 41.4 Å². The molecule has 0 amide bonds. The van der Waals surface area contributed by atoms with Crippen LogP contribution < -0.4 is 29.7 Å². The molecule has 160 valence electrons. The predicted molar refractivity (Wildman–Crippen MR) is 129 cm³/mol. The van der Waals surface area contributed by atoms with E-state index in [0.29, 0.717) is 36.3 Å². The van der Waals surface area contributed by atoms with Crippen LogP contribution in [0.3, 0.4) is 0 Å². The largest absolute Gasteiger partial charge is 0.493 e. The summed E-state index contributed by atoms with van der Waals surface area (Å²) in [6.07, 6.45) is 0. The number of anilines is 1. The van der Waals surface area contributed by atoms with E-state index in [-0.39, 0.29) is 24.0 Å². The van der Waals surface area contributed by atoms with Gasteiger partial charge in [0, 0.05) is 39.9 Å². The molecule has 0 radical (unpaired) electrons. The van der Waals surface area contributed by atoms with Crippen LogP contribution in [-0.2, 0) is 13.1 Å². The van der Waals surface area contributed by atoms with Crippen molar-refractivity contribution in [3.05, 3.63) is 47.5 Å². The molecule has 0 atom stereocenters. The summed E-state index contributed by atoms with van der Waals surface area (Å²) in [6.45, 7) is 1.25. The van der Waals surface area contributed by atoms with Crippen LogP contribution in [0.25, 0.3) is 0 Å². The monoisotopic (exact) mass is 514 g/mol. The summed E-state index contributed by atoms with van der Waals surface area (Å²) >= 11 is 0. The summed E-state index contributed by atoms with van der Waals surface area (Å²) in [7, 11) is 10.6. The minimum absolute atomic E-state index is 0. The van der Waals surface area contributed by atoms with Crippen LogP contribution in [-0.4, -0.2) is 48.4 Å². The molecule has 0 bridgehead atoms. The molecule has 29 heavy (non-hydrogen) atoms. The molecular formula is C21H31IN4O3. The number of methoxy groups -OCH3 is 3. The number of ether oxygens (including phenoxy) is 3. The lowest BCUT2D eigenvalue weighted by atomic mass is 10.1. The Morgan fingerprint density at radius 3 is 1.79 bits per heavy atom. The molecule has 0 aliphatic heterocycles. The van der Waals surface area contributed by atoms with Crippen molar-refractivity contribution in [3.8, 4) is 17.2 Å². The number of hydrogen-bond acceptors (Lipinski definition) is 5. The van der Waals surface area contributed by atoms with Gasteiger partial charge < -0.3 is 29.7 Å². The molecule has 0 unspecified atom stereocenters. The smallest absolute Gasteiger partial charge is 0.203 e. The summed E-state index contributed by atoms with van der Waals surface area (Å²) in [5.74, 6) is 2.55. The lowest BCUT2D eigenvalue weighted by Crippen LogP contribution is -2.36. The Bertz CT molecular complexity index is 770. The van der Waals surface area contributed by atoms with Crippen molar-refractivity contribution >= 4 is 35.6 Å². The molecule has 2 aromatic carbocycles. The van der Waals surface area contributed by atoms with Gasteiger partial charge in [-0.05, 0) is 35.4 Å². The van der Waals surface area contributed by atoms with E-state index in [9.17, 15) is 0 Å². The molecule has 2 N–H and O–H groups in total. The molecular weight excluding hydrogens is 483 g/mol. The molecule has 0 saturated heterocycles. The highest BCUT2D eigenvalue weighted by molar-refractivity contribution is 14.0. The highest BCUT2D eigenvalue weighted by Crippen LogP contribution is 2.38. The number of benzene rings is 2. The minimum atomic E-state index is 0. The maximum Gasteiger partial charge on any atom is 0.203 e. The van der Waals surface area contributed by atoms with Crippen molar-refractivity contribution < 1.29 is 14.2 Å². The van der Waals surface area contributed by atoms with Gasteiger partial charge in [-0.2, -0.15) is 0 Å². The van der Waals surface area contributed by atoms with Crippen molar-refractivity contribution in [2.75, 3.05) is 47.4 Å². The number of rotatable bonds is 8. The van der Waals surface area contributed by atoms with Gasteiger partial charge in [0.05, 0.1) is 21.3 Å². The zero-order valence-electron chi connectivity index (χ0n) is 17.9. The van der Waals surface area contributed by atoms with E-state index in [1.807, 2.05) is 26.2 Å². The number of nitrogens with one attached hydrogen (secondary N) is 2. The van der Waals surface area contributed by atoms with Gasteiger partial charge in [-0.25, -0.2) is 0 Å². The first-order chi connectivity index (χ1) is 13.5. The molecule has 2 rings (SSSR count). The van der Waals surface area contributed by atoms with E-state index in [2.05, 4.69) is 44.8 Å². The summed E-state index contributed by atoms with van der Waals surface area (Å²) in [5.41, 5.74) is 3.35. The van der Waals surface area contributed by atoms with Gasteiger partial charge in [0.2, 0.25) is 5.75 Å². The first-order valence-corrected chi connectivity index (χ1v) is 9.02. The van der Waals surface area contributed by atoms with E-state index in [1.165, 1.54) is 11.3 Å².